The fraction of sp³-hybridized carbons (Fsp3) is 0.278. The van der Waals surface area contributed by atoms with Crippen molar-refractivity contribution in [3.63, 3.8) is 0 Å². The molecule has 0 saturated carbocycles. The quantitative estimate of drug-likeness (QED) is 0.842. The molecule has 1 aliphatic heterocycles. The minimum absolute atomic E-state index is 0.0156. The summed E-state index contributed by atoms with van der Waals surface area (Å²) in [6, 6.07) is 14.1. The second-order valence-corrected chi connectivity index (χ2v) is 7.78. The highest BCUT2D eigenvalue weighted by molar-refractivity contribution is 7.89. The average molecular weight is 362 g/mol. The van der Waals surface area contributed by atoms with Crippen LogP contribution in [0.15, 0.2) is 59.5 Å². The van der Waals surface area contributed by atoms with E-state index in [1.807, 2.05) is 0 Å². The Morgan fingerprint density at radius 2 is 1.56 bits per heavy atom. The van der Waals surface area contributed by atoms with Gasteiger partial charge in [-0.15, -0.1) is 0 Å². The molecule has 1 heterocycles. The SMILES string of the molecule is O=C(c1ccccc1F)N1CCCN(S(=O)(=O)c2ccccc2)CC1. The summed E-state index contributed by atoms with van der Waals surface area (Å²) in [5.74, 6) is -0.970. The zero-order valence-electron chi connectivity index (χ0n) is 13.6. The van der Waals surface area contributed by atoms with E-state index in [-0.39, 0.29) is 23.5 Å². The van der Waals surface area contributed by atoms with Gasteiger partial charge < -0.3 is 4.90 Å². The molecule has 0 spiro atoms. The van der Waals surface area contributed by atoms with Crippen LogP contribution in [-0.2, 0) is 10.0 Å². The molecule has 1 aliphatic rings. The van der Waals surface area contributed by atoms with Crippen molar-refractivity contribution in [2.75, 3.05) is 26.2 Å². The molecule has 132 valence electrons. The molecule has 0 aromatic heterocycles. The number of carbonyl (C=O) groups is 1. The zero-order valence-corrected chi connectivity index (χ0v) is 14.5. The predicted molar refractivity (Wildman–Crippen MR) is 92.1 cm³/mol. The Labute approximate surface area is 146 Å². The molecule has 0 radical (unpaired) electrons. The highest BCUT2D eigenvalue weighted by Crippen LogP contribution is 2.18. The van der Waals surface area contributed by atoms with Gasteiger partial charge in [-0.3, -0.25) is 4.79 Å². The molecule has 7 heteroatoms. The van der Waals surface area contributed by atoms with E-state index in [1.165, 1.54) is 27.4 Å². The van der Waals surface area contributed by atoms with Crippen LogP contribution in [0.3, 0.4) is 0 Å². The number of hydrogen-bond acceptors (Lipinski definition) is 3. The maximum absolute atomic E-state index is 13.8. The average Bonchev–Trinajstić information content (AvgIpc) is 2.89. The number of halogens is 1. The fourth-order valence-corrected chi connectivity index (χ4v) is 4.37. The van der Waals surface area contributed by atoms with Gasteiger partial charge in [-0.05, 0) is 30.7 Å². The Morgan fingerprint density at radius 1 is 0.880 bits per heavy atom. The first-order chi connectivity index (χ1) is 12.0. The number of rotatable bonds is 3. The van der Waals surface area contributed by atoms with Gasteiger partial charge in [-0.2, -0.15) is 4.31 Å². The van der Waals surface area contributed by atoms with Gasteiger partial charge in [-0.1, -0.05) is 30.3 Å². The summed E-state index contributed by atoms with van der Waals surface area (Å²) in [5.41, 5.74) is 0.0156. The van der Waals surface area contributed by atoms with E-state index < -0.39 is 21.7 Å². The second-order valence-electron chi connectivity index (χ2n) is 5.84. The highest BCUT2D eigenvalue weighted by atomic mass is 32.2. The van der Waals surface area contributed by atoms with Crippen molar-refractivity contribution < 1.29 is 17.6 Å². The highest BCUT2D eigenvalue weighted by Gasteiger charge is 2.28. The minimum Gasteiger partial charge on any atom is -0.337 e. The maximum atomic E-state index is 13.8. The Bertz CT molecular complexity index is 856. The van der Waals surface area contributed by atoms with Crippen LogP contribution in [0.25, 0.3) is 0 Å². The smallest absolute Gasteiger partial charge is 0.256 e. The van der Waals surface area contributed by atoms with Gasteiger partial charge in [-0.25, -0.2) is 12.8 Å². The summed E-state index contributed by atoms with van der Waals surface area (Å²) in [6.07, 6.45) is 0.506. The molecule has 1 saturated heterocycles. The van der Waals surface area contributed by atoms with Crippen LogP contribution in [0.2, 0.25) is 0 Å². The summed E-state index contributed by atoms with van der Waals surface area (Å²) in [4.78, 5) is 14.3. The lowest BCUT2D eigenvalue weighted by molar-refractivity contribution is 0.0759. The van der Waals surface area contributed by atoms with Gasteiger partial charge in [0.25, 0.3) is 5.91 Å². The van der Waals surface area contributed by atoms with Crippen molar-refractivity contribution in [3.8, 4) is 0 Å². The van der Waals surface area contributed by atoms with E-state index in [4.69, 9.17) is 0 Å². The number of sulfonamides is 1. The largest absolute Gasteiger partial charge is 0.337 e. The lowest BCUT2D eigenvalue weighted by Crippen LogP contribution is -2.37. The maximum Gasteiger partial charge on any atom is 0.256 e. The van der Waals surface area contributed by atoms with Crippen molar-refractivity contribution in [2.45, 2.75) is 11.3 Å². The molecular formula is C18H19FN2O3S. The molecule has 1 amide bonds. The Balaban J connectivity index is 1.75. The molecule has 0 unspecified atom stereocenters. The van der Waals surface area contributed by atoms with Crippen molar-refractivity contribution in [1.82, 2.24) is 9.21 Å². The van der Waals surface area contributed by atoms with E-state index in [0.29, 0.717) is 19.5 Å². The van der Waals surface area contributed by atoms with Gasteiger partial charge in [0, 0.05) is 26.2 Å². The molecule has 5 nitrogen and oxygen atoms in total. The molecule has 0 N–H and O–H groups in total. The first kappa shape index (κ1) is 17.6. The molecular weight excluding hydrogens is 343 g/mol. The summed E-state index contributed by atoms with van der Waals surface area (Å²) in [5, 5.41) is 0. The first-order valence-corrected chi connectivity index (χ1v) is 9.53. The predicted octanol–water partition coefficient (Wildman–Crippen LogP) is 2.36. The second kappa shape index (κ2) is 7.33. The molecule has 25 heavy (non-hydrogen) atoms. The first-order valence-electron chi connectivity index (χ1n) is 8.09. The third-order valence-corrected chi connectivity index (χ3v) is 6.14. The standard InChI is InChI=1S/C18H19FN2O3S/c19-17-10-5-4-9-16(17)18(22)20-11-6-12-21(14-13-20)25(23,24)15-7-2-1-3-8-15/h1-5,7-10H,6,11-14H2. The van der Waals surface area contributed by atoms with E-state index in [2.05, 4.69) is 0 Å². The molecule has 2 aromatic rings. The van der Waals surface area contributed by atoms with E-state index >= 15 is 0 Å². The third-order valence-electron chi connectivity index (χ3n) is 4.23. The van der Waals surface area contributed by atoms with Gasteiger partial charge >= 0.3 is 0 Å². The normalized spacial score (nSPS) is 16.4. The molecule has 0 aliphatic carbocycles. The Kier molecular flexibility index (Phi) is 5.15. The van der Waals surface area contributed by atoms with Crippen molar-refractivity contribution in [1.29, 1.82) is 0 Å². The Morgan fingerprint density at radius 3 is 2.28 bits per heavy atom. The van der Waals surface area contributed by atoms with Crippen LogP contribution in [-0.4, -0.2) is 49.7 Å². The number of amides is 1. The van der Waals surface area contributed by atoms with Crippen LogP contribution < -0.4 is 0 Å². The molecule has 3 rings (SSSR count). The lowest BCUT2D eigenvalue weighted by atomic mass is 10.2. The molecule has 2 aromatic carbocycles. The van der Waals surface area contributed by atoms with Gasteiger partial charge in [0.2, 0.25) is 10.0 Å². The lowest BCUT2D eigenvalue weighted by Gasteiger charge is -2.22. The minimum atomic E-state index is -3.59. The van der Waals surface area contributed by atoms with Crippen LogP contribution >= 0.6 is 0 Å². The summed E-state index contributed by atoms with van der Waals surface area (Å²) in [6.45, 7) is 1.16. The van der Waals surface area contributed by atoms with Crippen LogP contribution in [0.4, 0.5) is 4.39 Å². The topological polar surface area (TPSA) is 57.7 Å². The zero-order chi connectivity index (χ0) is 17.9. The van der Waals surface area contributed by atoms with Gasteiger partial charge in [0.1, 0.15) is 5.82 Å². The molecule has 0 bridgehead atoms. The van der Waals surface area contributed by atoms with E-state index in [9.17, 15) is 17.6 Å². The van der Waals surface area contributed by atoms with Gasteiger partial charge in [0.15, 0.2) is 0 Å². The number of benzene rings is 2. The van der Waals surface area contributed by atoms with Crippen molar-refractivity contribution >= 4 is 15.9 Å². The van der Waals surface area contributed by atoms with Crippen LogP contribution in [0, 0.1) is 5.82 Å². The van der Waals surface area contributed by atoms with Crippen molar-refractivity contribution in [2.24, 2.45) is 0 Å². The number of nitrogens with zero attached hydrogens (tertiary/aromatic N) is 2. The van der Waals surface area contributed by atoms with E-state index in [1.54, 1.807) is 36.4 Å². The molecule has 0 atom stereocenters. The Hall–Kier alpha value is -2.25. The van der Waals surface area contributed by atoms with Gasteiger partial charge in [0.05, 0.1) is 10.5 Å². The number of hydrogen-bond donors (Lipinski definition) is 0. The fourth-order valence-electron chi connectivity index (χ4n) is 2.88. The molecule has 1 fully saturated rings. The van der Waals surface area contributed by atoms with E-state index in [0.717, 1.165) is 0 Å². The summed E-state index contributed by atoms with van der Waals surface area (Å²) >= 11 is 0. The van der Waals surface area contributed by atoms with Crippen LogP contribution in [0.1, 0.15) is 16.8 Å². The third kappa shape index (κ3) is 3.72. The monoisotopic (exact) mass is 362 g/mol. The van der Waals surface area contributed by atoms with Crippen LogP contribution in [0.5, 0.6) is 0 Å². The number of carbonyl (C=O) groups excluding carboxylic acids is 1. The van der Waals surface area contributed by atoms with Crippen molar-refractivity contribution in [3.05, 3.63) is 66.0 Å². The summed E-state index contributed by atoms with van der Waals surface area (Å²) in [7, 11) is -3.59. The summed E-state index contributed by atoms with van der Waals surface area (Å²) < 4.78 is 40.6.